The first-order valence-corrected chi connectivity index (χ1v) is 11.2. The molecule has 0 radical (unpaired) electrons. The Balaban J connectivity index is 1.66. The van der Waals surface area contributed by atoms with E-state index in [1.165, 1.54) is 5.56 Å². The fourth-order valence-electron chi connectivity index (χ4n) is 4.44. The highest BCUT2D eigenvalue weighted by molar-refractivity contribution is 5.92. The van der Waals surface area contributed by atoms with Crippen LogP contribution in [0.15, 0.2) is 47.3 Å². The van der Waals surface area contributed by atoms with E-state index >= 15 is 0 Å². The molecule has 0 bridgehead atoms. The minimum atomic E-state index is -0.101. The van der Waals surface area contributed by atoms with Gasteiger partial charge in [0.1, 0.15) is 5.65 Å². The first kappa shape index (κ1) is 22.5. The van der Waals surface area contributed by atoms with Crippen molar-refractivity contribution in [3.63, 3.8) is 0 Å². The minimum Gasteiger partial charge on any atom is -0.326 e. The summed E-state index contributed by atoms with van der Waals surface area (Å²) in [5.41, 5.74) is 8.15. The van der Waals surface area contributed by atoms with E-state index in [9.17, 15) is 9.59 Å². The molecule has 1 N–H and O–H groups in total. The maximum Gasteiger partial charge on any atom is 0.255 e. The maximum atomic E-state index is 13.3. The SMILES string of the molecule is Cc1ccc(-n2nc(C)c3c(C)c(CCC(=O)Nc4ccc(C)cc4C)c(=O)n(C)c32)cc1. The summed E-state index contributed by atoms with van der Waals surface area (Å²) in [6.07, 6.45) is 0.611. The van der Waals surface area contributed by atoms with E-state index in [1.807, 2.05) is 81.8 Å². The van der Waals surface area contributed by atoms with Crippen LogP contribution in [-0.2, 0) is 18.3 Å². The Morgan fingerprint density at radius 3 is 2.30 bits per heavy atom. The van der Waals surface area contributed by atoms with Crippen molar-refractivity contribution in [3.8, 4) is 5.69 Å². The van der Waals surface area contributed by atoms with E-state index in [0.29, 0.717) is 12.0 Å². The second kappa shape index (κ2) is 8.70. The molecule has 170 valence electrons. The number of hydrogen-bond donors (Lipinski definition) is 1. The molecule has 0 saturated heterocycles. The quantitative estimate of drug-likeness (QED) is 0.481. The van der Waals surface area contributed by atoms with Gasteiger partial charge in [-0.2, -0.15) is 5.10 Å². The topological polar surface area (TPSA) is 68.9 Å². The summed E-state index contributed by atoms with van der Waals surface area (Å²) in [7, 11) is 1.77. The zero-order valence-corrected chi connectivity index (χ0v) is 20.1. The maximum absolute atomic E-state index is 13.3. The van der Waals surface area contributed by atoms with Gasteiger partial charge in [0.15, 0.2) is 0 Å². The highest BCUT2D eigenvalue weighted by Gasteiger charge is 2.20. The molecule has 2 heterocycles. The average molecular weight is 443 g/mol. The van der Waals surface area contributed by atoms with Crippen LogP contribution in [0.4, 0.5) is 5.69 Å². The van der Waals surface area contributed by atoms with E-state index in [-0.39, 0.29) is 17.9 Å². The van der Waals surface area contributed by atoms with E-state index in [0.717, 1.165) is 44.8 Å². The van der Waals surface area contributed by atoms with E-state index in [4.69, 9.17) is 5.10 Å². The van der Waals surface area contributed by atoms with Crippen LogP contribution in [0, 0.1) is 34.6 Å². The normalized spacial score (nSPS) is 11.2. The summed E-state index contributed by atoms with van der Waals surface area (Å²) in [6, 6.07) is 14.0. The molecule has 0 atom stereocenters. The summed E-state index contributed by atoms with van der Waals surface area (Å²) >= 11 is 0. The lowest BCUT2D eigenvalue weighted by atomic mass is 10.0. The summed E-state index contributed by atoms with van der Waals surface area (Å²) in [6.45, 7) is 9.95. The molecule has 4 rings (SSSR count). The van der Waals surface area contributed by atoms with Gasteiger partial charge in [0.25, 0.3) is 5.56 Å². The third kappa shape index (κ3) is 4.21. The first-order valence-electron chi connectivity index (χ1n) is 11.2. The number of anilines is 1. The van der Waals surface area contributed by atoms with E-state index in [1.54, 1.807) is 11.6 Å². The number of nitrogens with one attached hydrogen (secondary N) is 1. The van der Waals surface area contributed by atoms with Crippen molar-refractivity contribution in [2.45, 2.75) is 47.5 Å². The number of aryl methyl sites for hydroxylation is 6. The monoisotopic (exact) mass is 442 g/mol. The Bertz CT molecular complexity index is 1430. The van der Waals surface area contributed by atoms with Gasteiger partial charge in [-0.05, 0) is 70.4 Å². The highest BCUT2D eigenvalue weighted by atomic mass is 16.1. The fourth-order valence-corrected chi connectivity index (χ4v) is 4.44. The van der Waals surface area contributed by atoms with Crippen molar-refractivity contribution in [1.82, 2.24) is 14.3 Å². The van der Waals surface area contributed by atoms with Crippen LogP contribution in [-0.4, -0.2) is 20.3 Å². The van der Waals surface area contributed by atoms with Crippen molar-refractivity contribution in [1.29, 1.82) is 0 Å². The van der Waals surface area contributed by atoms with Gasteiger partial charge in [0.05, 0.1) is 11.4 Å². The predicted molar refractivity (Wildman–Crippen MR) is 133 cm³/mol. The van der Waals surface area contributed by atoms with Gasteiger partial charge in [0, 0.05) is 30.1 Å². The molecule has 0 aliphatic carbocycles. The largest absolute Gasteiger partial charge is 0.326 e. The van der Waals surface area contributed by atoms with Gasteiger partial charge >= 0.3 is 0 Å². The Morgan fingerprint density at radius 1 is 0.970 bits per heavy atom. The Labute approximate surface area is 193 Å². The number of nitrogens with zero attached hydrogens (tertiary/aromatic N) is 3. The lowest BCUT2D eigenvalue weighted by Crippen LogP contribution is -2.25. The minimum absolute atomic E-state index is 0.0902. The molecular formula is C27H30N4O2. The third-order valence-electron chi connectivity index (χ3n) is 6.28. The molecule has 1 amide bonds. The van der Waals surface area contributed by atoms with Crippen LogP contribution in [0.3, 0.4) is 0 Å². The van der Waals surface area contributed by atoms with Crippen LogP contribution in [0.1, 0.15) is 39.9 Å². The zero-order chi connectivity index (χ0) is 23.9. The second-order valence-electron chi connectivity index (χ2n) is 8.87. The van der Waals surface area contributed by atoms with Gasteiger partial charge < -0.3 is 5.32 Å². The molecule has 0 saturated carbocycles. The van der Waals surface area contributed by atoms with Crippen molar-refractivity contribution < 1.29 is 4.79 Å². The summed E-state index contributed by atoms with van der Waals surface area (Å²) in [5, 5.41) is 8.68. The Hall–Kier alpha value is -3.67. The van der Waals surface area contributed by atoms with Gasteiger partial charge in [-0.15, -0.1) is 0 Å². The predicted octanol–water partition coefficient (Wildman–Crippen LogP) is 4.84. The number of fused-ring (bicyclic) bond motifs is 1. The molecular weight excluding hydrogens is 412 g/mol. The van der Waals surface area contributed by atoms with E-state index < -0.39 is 0 Å². The standard InChI is InChI=1S/C27H30N4O2/c1-16-7-10-21(11-8-16)31-26-25(20(5)29-31)19(4)22(27(33)30(26)6)12-14-24(32)28-23-13-9-17(2)15-18(23)3/h7-11,13,15H,12,14H2,1-6H3,(H,28,32). The molecule has 0 unspecified atom stereocenters. The van der Waals surface area contributed by atoms with Crippen molar-refractivity contribution >= 4 is 22.6 Å². The lowest BCUT2D eigenvalue weighted by Gasteiger charge is -2.13. The number of carbonyl (C=O) groups excluding carboxylic acids is 1. The highest BCUT2D eigenvalue weighted by Crippen LogP contribution is 2.26. The number of amides is 1. The molecule has 6 nitrogen and oxygen atoms in total. The number of pyridine rings is 1. The molecule has 2 aromatic heterocycles. The Morgan fingerprint density at radius 2 is 1.64 bits per heavy atom. The summed E-state index contributed by atoms with van der Waals surface area (Å²) in [4.78, 5) is 25.9. The zero-order valence-electron chi connectivity index (χ0n) is 20.1. The number of carbonyl (C=O) groups is 1. The summed E-state index contributed by atoms with van der Waals surface area (Å²) < 4.78 is 3.48. The van der Waals surface area contributed by atoms with Crippen LogP contribution in [0.5, 0.6) is 0 Å². The first-order chi connectivity index (χ1) is 15.7. The van der Waals surface area contributed by atoms with E-state index in [2.05, 4.69) is 5.32 Å². The van der Waals surface area contributed by atoms with Gasteiger partial charge in [-0.1, -0.05) is 35.4 Å². The summed E-state index contributed by atoms with van der Waals surface area (Å²) in [5.74, 6) is -0.101. The van der Waals surface area contributed by atoms with Crippen molar-refractivity contribution in [3.05, 3.63) is 86.3 Å². The van der Waals surface area contributed by atoms with Crippen molar-refractivity contribution in [2.24, 2.45) is 7.05 Å². The van der Waals surface area contributed by atoms with Crippen LogP contribution in [0.25, 0.3) is 16.7 Å². The molecule has 0 spiro atoms. The molecule has 6 heteroatoms. The van der Waals surface area contributed by atoms with Gasteiger partial charge in [-0.3, -0.25) is 14.2 Å². The van der Waals surface area contributed by atoms with Crippen molar-refractivity contribution in [2.75, 3.05) is 5.32 Å². The van der Waals surface area contributed by atoms with Crippen LogP contribution >= 0.6 is 0 Å². The van der Waals surface area contributed by atoms with Gasteiger partial charge in [0.2, 0.25) is 5.91 Å². The van der Waals surface area contributed by atoms with Crippen LogP contribution < -0.4 is 10.9 Å². The smallest absolute Gasteiger partial charge is 0.255 e. The third-order valence-corrected chi connectivity index (χ3v) is 6.28. The molecule has 4 aromatic rings. The number of aromatic nitrogens is 3. The average Bonchev–Trinajstić information content (AvgIpc) is 3.12. The molecule has 0 aliphatic heterocycles. The Kier molecular flexibility index (Phi) is 5.93. The fraction of sp³-hybridized carbons (Fsp3) is 0.296. The molecule has 33 heavy (non-hydrogen) atoms. The van der Waals surface area contributed by atoms with Crippen LogP contribution in [0.2, 0.25) is 0 Å². The number of rotatable bonds is 5. The molecule has 0 aliphatic rings. The number of benzene rings is 2. The molecule has 2 aromatic carbocycles. The number of hydrogen-bond acceptors (Lipinski definition) is 3. The van der Waals surface area contributed by atoms with Gasteiger partial charge in [-0.25, -0.2) is 4.68 Å². The molecule has 0 fully saturated rings. The lowest BCUT2D eigenvalue weighted by molar-refractivity contribution is -0.116. The second-order valence-corrected chi connectivity index (χ2v) is 8.87.